The summed E-state index contributed by atoms with van der Waals surface area (Å²) in [4.78, 5) is 2.21. The van der Waals surface area contributed by atoms with E-state index in [0.29, 0.717) is 5.69 Å². The largest absolute Gasteiger partial charge is 0.311 e. The maximum absolute atomic E-state index is 8.90. The van der Waals surface area contributed by atoms with E-state index in [2.05, 4.69) is 89.8 Å². The zero-order chi connectivity index (χ0) is 40.2. The maximum atomic E-state index is 8.90. The van der Waals surface area contributed by atoms with E-state index >= 15 is 0 Å². The Kier molecular flexibility index (Phi) is 5.63. The molecule has 236 valence electrons. The predicted molar refractivity (Wildman–Crippen MR) is 212 cm³/mol. The predicted octanol–water partition coefficient (Wildman–Crippen LogP) is 13.3. The van der Waals surface area contributed by atoms with Gasteiger partial charge in [0, 0.05) is 33.5 Å². The lowest BCUT2D eigenvalue weighted by molar-refractivity contribution is 1.18. The van der Waals surface area contributed by atoms with Crippen molar-refractivity contribution >= 4 is 38.9 Å². The molecule has 0 aliphatic carbocycles. The highest BCUT2D eigenvalue weighted by Gasteiger charge is 2.15. The molecule has 0 unspecified atom stereocenters. The second-order valence-electron chi connectivity index (χ2n) is 12.0. The summed E-state index contributed by atoms with van der Waals surface area (Å²) in [7, 11) is 0. The van der Waals surface area contributed by atoms with Crippen molar-refractivity contribution < 1.29 is 11.0 Å². The molecule has 50 heavy (non-hydrogen) atoms. The van der Waals surface area contributed by atoms with Gasteiger partial charge in [0.15, 0.2) is 0 Å². The van der Waals surface area contributed by atoms with Crippen molar-refractivity contribution in [3.63, 3.8) is 0 Å². The molecule has 9 aromatic rings. The van der Waals surface area contributed by atoms with Gasteiger partial charge in [-0.1, -0.05) is 145 Å². The minimum absolute atomic E-state index is 0.0523. The molecule has 0 bridgehead atoms. The third-order valence-corrected chi connectivity index (χ3v) is 9.06. The van der Waals surface area contributed by atoms with Crippen LogP contribution in [0.1, 0.15) is 11.0 Å². The van der Waals surface area contributed by atoms with Gasteiger partial charge in [-0.25, -0.2) is 0 Å². The number of anilines is 3. The molecule has 0 radical (unpaired) electrons. The quantitative estimate of drug-likeness (QED) is 0.167. The number of nitrogens with zero attached hydrogens (tertiary/aromatic N) is 2. The highest BCUT2D eigenvalue weighted by atomic mass is 15.1. The Morgan fingerprint density at radius 1 is 0.360 bits per heavy atom. The van der Waals surface area contributed by atoms with Crippen LogP contribution in [0.5, 0.6) is 0 Å². The Morgan fingerprint density at radius 3 is 1.20 bits per heavy atom. The summed E-state index contributed by atoms with van der Waals surface area (Å²) in [6, 6.07) is 50.0. The molecule has 0 saturated heterocycles. The fourth-order valence-corrected chi connectivity index (χ4v) is 6.62. The van der Waals surface area contributed by atoms with Gasteiger partial charge in [0.05, 0.1) is 22.0 Å². The third kappa shape index (κ3) is 5.43. The maximum Gasteiger partial charge on any atom is 0.0645 e. The lowest BCUT2D eigenvalue weighted by atomic mass is 10.0. The molecular formula is C48H34N2. The van der Waals surface area contributed by atoms with Gasteiger partial charge in [0.25, 0.3) is 0 Å². The first-order valence-corrected chi connectivity index (χ1v) is 16.4. The molecule has 0 amide bonds. The van der Waals surface area contributed by atoms with Crippen molar-refractivity contribution in [2.24, 2.45) is 0 Å². The number of benzene rings is 8. The van der Waals surface area contributed by atoms with Gasteiger partial charge in [-0.2, -0.15) is 0 Å². The summed E-state index contributed by atoms with van der Waals surface area (Å²) < 4.78 is 70.6. The van der Waals surface area contributed by atoms with E-state index in [1.165, 1.54) is 4.57 Å². The highest BCUT2D eigenvalue weighted by molar-refractivity contribution is 6.09. The fraction of sp³-hybridized carbons (Fsp3) is 0. The van der Waals surface area contributed by atoms with E-state index in [1.54, 1.807) is 6.07 Å². The summed E-state index contributed by atoms with van der Waals surface area (Å²) in [6.45, 7) is 0. The van der Waals surface area contributed by atoms with Crippen molar-refractivity contribution in [1.29, 1.82) is 0 Å². The summed E-state index contributed by atoms with van der Waals surface area (Å²) in [6.07, 6.45) is 0. The van der Waals surface area contributed by atoms with E-state index in [-0.39, 0.29) is 46.0 Å². The topological polar surface area (TPSA) is 8.17 Å². The summed E-state index contributed by atoms with van der Waals surface area (Å²) in [5.74, 6) is 0. The summed E-state index contributed by atoms with van der Waals surface area (Å²) >= 11 is 0. The third-order valence-electron chi connectivity index (χ3n) is 9.06. The zero-order valence-corrected chi connectivity index (χ0v) is 26.9. The molecule has 8 aromatic carbocycles. The molecule has 2 heteroatoms. The first-order chi connectivity index (χ1) is 28.1. The number of hydrogen-bond acceptors (Lipinski definition) is 1. The molecule has 0 spiro atoms. The van der Waals surface area contributed by atoms with Crippen LogP contribution in [0.4, 0.5) is 17.1 Å². The normalized spacial score (nSPS) is 13.4. The molecular weight excluding hydrogens is 605 g/mol. The Balaban J connectivity index is 1.15. The number of fused-ring (bicyclic) bond motifs is 3. The Labute approximate surface area is 304 Å². The van der Waals surface area contributed by atoms with Crippen LogP contribution in [-0.2, 0) is 0 Å². The molecule has 0 aliphatic heterocycles. The van der Waals surface area contributed by atoms with Gasteiger partial charge in [-0.15, -0.1) is 0 Å². The van der Waals surface area contributed by atoms with Crippen molar-refractivity contribution in [3.05, 3.63) is 206 Å². The summed E-state index contributed by atoms with van der Waals surface area (Å²) in [5.41, 5.74) is 9.80. The molecule has 0 aliphatic rings. The Morgan fingerprint density at radius 2 is 0.740 bits per heavy atom. The molecule has 1 aromatic heterocycles. The van der Waals surface area contributed by atoms with Crippen molar-refractivity contribution in [1.82, 2.24) is 4.57 Å². The lowest BCUT2D eigenvalue weighted by Gasteiger charge is -2.26. The van der Waals surface area contributed by atoms with Crippen LogP contribution in [0, 0.1) is 0 Å². The second-order valence-corrected chi connectivity index (χ2v) is 12.0. The first kappa shape index (κ1) is 22.1. The van der Waals surface area contributed by atoms with Crippen LogP contribution in [0.25, 0.3) is 60.9 Å². The molecule has 0 N–H and O–H groups in total. The number of rotatable bonds is 7. The Hall–Kier alpha value is -6.64. The standard InChI is InChI=1S/C48H34N2/c1-3-12-35(13-4-1)37-22-28-41(29-23-37)49(42-30-24-38(25-31-42)36-14-5-2-6-15-36)43-32-26-39(27-33-43)40-16-11-17-44(34-40)50-47-20-9-7-18-45(47)46-19-8-10-21-48(46)50/h1-34H/i7D,8D,9D,10D,18D,19D,20D,21D. The van der Waals surface area contributed by atoms with E-state index in [9.17, 15) is 0 Å². The van der Waals surface area contributed by atoms with Gasteiger partial charge in [-0.3, -0.25) is 0 Å². The van der Waals surface area contributed by atoms with Gasteiger partial charge >= 0.3 is 0 Å². The fourth-order valence-electron chi connectivity index (χ4n) is 6.62. The van der Waals surface area contributed by atoms with Crippen LogP contribution in [0.3, 0.4) is 0 Å². The van der Waals surface area contributed by atoms with Crippen LogP contribution in [-0.4, -0.2) is 4.57 Å². The molecule has 0 atom stereocenters. The van der Waals surface area contributed by atoms with E-state index in [0.717, 1.165) is 50.4 Å². The molecule has 1 heterocycles. The van der Waals surface area contributed by atoms with E-state index < -0.39 is 24.2 Å². The van der Waals surface area contributed by atoms with Crippen LogP contribution < -0.4 is 4.90 Å². The van der Waals surface area contributed by atoms with Crippen molar-refractivity contribution in [2.45, 2.75) is 0 Å². The smallest absolute Gasteiger partial charge is 0.0645 e. The molecule has 0 fully saturated rings. The SMILES string of the molecule is [2H]c1c([2H])c([2H])c2c(c1[2H])c1c([2H])c([2H])c([2H])c([2H])c1n2-c1cccc(-c2ccc(N(c3ccc(-c4ccccc4)cc3)c3ccc(-c4ccccc4)cc3)cc2)c1. The van der Waals surface area contributed by atoms with Crippen LogP contribution in [0.15, 0.2) is 206 Å². The molecule has 0 saturated carbocycles. The second kappa shape index (κ2) is 12.8. The first-order valence-electron chi connectivity index (χ1n) is 20.4. The average molecular weight is 647 g/mol. The highest BCUT2D eigenvalue weighted by Crippen LogP contribution is 2.38. The van der Waals surface area contributed by atoms with E-state index in [4.69, 9.17) is 11.0 Å². The van der Waals surface area contributed by atoms with Crippen molar-refractivity contribution in [2.75, 3.05) is 4.90 Å². The monoisotopic (exact) mass is 646 g/mol. The molecule has 2 nitrogen and oxygen atoms in total. The van der Waals surface area contributed by atoms with Gasteiger partial charge < -0.3 is 9.47 Å². The molecule has 9 rings (SSSR count). The lowest BCUT2D eigenvalue weighted by Crippen LogP contribution is -2.09. The van der Waals surface area contributed by atoms with Gasteiger partial charge in [0.2, 0.25) is 0 Å². The minimum Gasteiger partial charge on any atom is -0.311 e. The van der Waals surface area contributed by atoms with Crippen LogP contribution in [0.2, 0.25) is 0 Å². The number of para-hydroxylation sites is 2. The van der Waals surface area contributed by atoms with Gasteiger partial charge in [-0.05, 0) is 94.0 Å². The van der Waals surface area contributed by atoms with Crippen LogP contribution >= 0.6 is 0 Å². The number of hydrogen-bond donors (Lipinski definition) is 0. The van der Waals surface area contributed by atoms with E-state index in [1.807, 2.05) is 66.7 Å². The van der Waals surface area contributed by atoms with Crippen molar-refractivity contribution in [3.8, 4) is 39.1 Å². The zero-order valence-electron chi connectivity index (χ0n) is 34.9. The van der Waals surface area contributed by atoms with Gasteiger partial charge in [0.1, 0.15) is 0 Å². The Bertz CT molecular complexity index is 2840. The minimum atomic E-state index is -0.467. The summed E-state index contributed by atoms with van der Waals surface area (Å²) in [5, 5.41) is 0.105. The number of aromatic nitrogens is 1. The average Bonchev–Trinajstić information content (AvgIpc) is 3.64.